The Balaban J connectivity index is 1.09. The zero-order valence-electron chi connectivity index (χ0n) is 33.6. The first-order valence-corrected chi connectivity index (χ1v) is 21.3. The van der Waals surface area contributed by atoms with E-state index in [1.807, 2.05) is 30.3 Å². The average Bonchev–Trinajstić information content (AvgIpc) is 3.94. The van der Waals surface area contributed by atoms with Gasteiger partial charge in [-0.2, -0.15) is 0 Å². The summed E-state index contributed by atoms with van der Waals surface area (Å²) in [4.78, 5) is 2.36. The molecule has 0 unspecified atom stereocenters. The Kier molecular flexibility index (Phi) is 6.97. The number of para-hydroxylation sites is 3. The maximum atomic E-state index is 16.4. The van der Waals surface area contributed by atoms with Gasteiger partial charge in [-0.25, -0.2) is 4.39 Å². The van der Waals surface area contributed by atoms with Gasteiger partial charge in [-0.05, 0) is 124 Å². The standard InChI is InChI=1S/C58H33FN2O2/c59-51-18-10-15-38-27-45(34-11-2-1-3-12-34)50-33-42(32-49-43-16-6-8-19-52(43)61(57(38)51)58(49)50)60(40-22-21-37-30-55-46(28-39(37)25-40)44-17-7-9-20-53(44)62-55)41-23-24-54-48(31-41)47-26-35-13-4-5-14-36(35)29-56(47)63-54/h1-33H. The van der Waals surface area contributed by atoms with E-state index in [1.165, 1.54) is 0 Å². The molecule has 63 heavy (non-hydrogen) atoms. The fraction of sp³-hybridized carbons (Fsp3) is 0. The number of anilines is 3. The van der Waals surface area contributed by atoms with Crippen LogP contribution in [0, 0.1) is 5.82 Å². The van der Waals surface area contributed by atoms with E-state index >= 15 is 4.39 Å². The van der Waals surface area contributed by atoms with E-state index in [2.05, 4.69) is 167 Å². The molecule has 5 heteroatoms. The lowest BCUT2D eigenvalue weighted by Crippen LogP contribution is -2.11. The van der Waals surface area contributed by atoms with Crippen LogP contribution in [0.5, 0.6) is 0 Å². The molecule has 0 saturated heterocycles. The smallest absolute Gasteiger partial charge is 0.147 e. The van der Waals surface area contributed by atoms with Crippen LogP contribution in [0.2, 0.25) is 0 Å². The van der Waals surface area contributed by atoms with Crippen LogP contribution < -0.4 is 4.90 Å². The molecule has 0 amide bonds. The van der Waals surface area contributed by atoms with Crippen molar-refractivity contribution in [1.82, 2.24) is 4.57 Å². The van der Waals surface area contributed by atoms with Gasteiger partial charge in [0.15, 0.2) is 0 Å². The van der Waals surface area contributed by atoms with Gasteiger partial charge in [0.2, 0.25) is 0 Å². The molecular weight excluding hydrogens is 776 g/mol. The van der Waals surface area contributed by atoms with Crippen LogP contribution in [0.1, 0.15) is 16.7 Å². The maximum absolute atomic E-state index is 16.4. The van der Waals surface area contributed by atoms with E-state index in [1.54, 1.807) is 12.1 Å². The van der Waals surface area contributed by atoms with Crippen molar-refractivity contribution in [3.8, 4) is 5.69 Å². The van der Waals surface area contributed by atoms with Crippen molar-refractivity contribution in [2.75, 3.05) is 4.90 Å². The van der Waals surface area contributed by atoms with Gasteiger partial charge in [-0.15, -0.1) is 0 Å². The summed E-state index contributed by atoms with van der Waals surface area (Å²) in [5.74, 6) is -0.263. The van der Waals surface area contributed by atoms with Gasteiger partial charge in [0.1, 0.15) is 28.1 Å². The second kappa shape index (κ2) is 12.8. The van der Waals surface area contributed by atoms with Crippen molar-refractivity contribution in [2.45, 2.75) is 0 Å². The zero-order chi connectivity index (χ0) is 41.3. The molecule has 4 heterocycles. The van der Waals surface area contributed by atoms with Crippen molar-refractivity contribution >= 4 is 116 Å². The minimum atomic E-state index is -0.263. The molecule has 1 aliphatic rings. The first kappa shape index (κ1) is 34.3. The van der Waals surface area contributed by atoms with E-state index in [0.717, 1.165) is 127 Å². The lowest BCUT2D eigenvalue weighted by molar-refractivity contribution is 0.620. The van der Waals surface area contributed by atoms with E-state index < -0.39 is 0 Å². The quantitative estimate of drug-likeness (QED) is 0.178. The summed E-state index contributed by atoms with van der Waals surface area (Å²) in [6.45, 7) is 0. The first-order valence-electron chi connectivity index (χ1n) is 21.3. The SMILES string of the molecule is Fc1cccc2c1-n1c3ccccc3c3cc(N(c4ccc5cc6oc7ccccc7c6cc5c4)c4ccc5oc6cc7ccccc7cc6c5c4)cc(c31)C(c1ccccc1)=C2. The predicted octanol–water partition coefficient (Wildman–Crippen LogP) is 16.4. The maximum Gasteiger partial charge on any atom is 0.147 e. The number of hydrogen-bond acceptors (Lipinski definition) is 3. The summed E-state index contributed by atoms with van der Waals surface area (Å²) < 4.78 is 31.4. The van der Waals surface area contributed by atoms with Gasteiger partial charge in [0.25, 0.3) is 0 Å². The highest BCUT2D eigenvalue weighted by Crippen LogP contribution is 2.48. The molecule has 13 aromatic rings. The molecule has 0 N–H and O–H groups in total. The highest BCUT2D eigenvalue weighted by molar-refractivity contribution is 6.18. The topological polar surface area (TPSA) is 34.5 Å². The average molecular weight is 809 g/mol. The van der Waals surface area contributed by atoms with E-state index in [9.17, 15) is 0 Å². The summed E-state index contributed by atoms with van der Waals surface area (Å²) in [7, 11) is 0. The minimum absolute atomic E-state index is 0.263. The summed E-state index contributed by atoms with van der Waals surface area (Å²) in [5.41, 5.74) is 12.8. The van der Waals surface area contributed by atoms with Crippen LogP contribution in [0.4, 0.5) is 21.5 Å². The molecule has 10 aromatic carbocycles. The molecular formula is C58H33FN2O2. The van der Waals surface area contributed by atoms with Crippen LogP contribution in [-0.4, -0.2) is 4.57 Å². The molecule has 0 saturated carbocycles. The van der Waals surface area contributed by atoms with Crippen LogP contribution in [0.15, 0.2) is 203 Å². The lowest BCUT2D eigenvalue weighted by Gasteiger charge is -2.27. The number of hydrogen-bond donors (Lipinski definition) is 0. The number of nitrogens with zero attached hydrogens (tertiary/aromatic N) is 2. The van der Waals surface area contributed by atoms with Gasteiger partial charge < -0.3 is 18.3 Å². The Morgan fingerprint density at radius 1 is 0.413 bits per heavy atom. The molecule has 294 valence electrons. The molecule has 14 rings (SSSR count). The Morgan fingerprint density at radius 2 is 1.05 bits per heavy atom. The highest BCUT2D eigenvalue weighted by atomic mass is 19.1. The number of halogens is 1. The second-order valence-corrected chi connectivity index (χ2v) is 16.6. The Labute approximate surface area is 359 Å². The summed E-state index contributed by atoms with van der Waals surface area (Å²) in [6, 6.07) is 67.4. The number of fused-ring (bicyclic) bond motifs is 13. The van der Waals surface area contributed by atoms with E-state index in [4.69, 9.17) is 8.83 Å². The van der Waals surface area contributed by atoms with Crippen LogP contribution in [0.3, 0.4) is 0 Å². The normalized spacial score (nSPS) is 12.6. The van der Waals surface area contributed by atoms with Crippen molar-refractivity contribution in [2.24, 2.45) is 0 Å². The minimum Gasteiger partial charge on any atom is -0.456 e. The van der Waals surface area contributed by atoms with Crippen molar-refractivity contribution in [1.29, 1.82) is 0 Å². The Hall–Kier alpha value is -8.41. The van der Waals surface area contributed by atoms with Gasteiger partial charge in [0.05, 0.1) is 16.7 Å². The van der Waals surface area contributed by atoms with Crippen LogP contribution >= 0.6 is 0 Å². The van der Waals surface area contributed by atoms with Crippen molar-refractivity contribution in [3.05, 3.63) is 217 Å². The molecule has 1 aliphatic heterocycles. The van der Waals surface area contributed by atoms with E-state index in [-0.39, 0.29) is 5.82 Å². The number of benzene rings is 10. The Bertz CT molecular complexity index is 4110. The second-order valence-electron chi connectivity index (χ2n) is 16.6. The summed E-state index contributed by atoms with van der Waals surface area (Å²) in [5, 5.41) is 10.9. The molecule has 0 aliphatic carbocycles. The molecule has 3 aromatic heterocycles. The predicted molar refractivity (Wildman–Crippen MR) is 258 cm³/mol. The molecule has 0 radical (unpaired) electrons. The third kappa shape index (κ3) is 5.02. The van der Waals surface area contributed by atoms with Gasteiger partial charge in [-0.1, -0.05) is 109 Å². The Morgan fingerprint density at radius 3 is 1.90 bits per heavy atom. The molecule has 0 spiro atoms. The molecule has 0 atom stereocenters. The third-order valence-electron chi connectivity index (χ3n) is 13.1. The van der Waals surface area contributed by atoms with Crippen molar-refractivity contribution < 1.29 is 13.2 Å². The summed E-state index contributed by atoms with van der Waals surface area (Å²) >= 11 is 0. The fourth-order valence-electron chi connectivity index (χ4n) is 10.3. The zero-order valence-corrected chi connectivity index (χ0v) is 33.6. The third-order valence-corrected chi connectivity index (χ3v) is 13.1. The largest absolute Gasteiger partial charge is 0.456 e. The number of aromatic nitrogens is 1. The first-order chi connectivity index (χ1) is 31.1. The molecule has 0 bridgehead atoms. The number of rotatable bonds is 4. The fourth-order valence-corrected chi connectivity index (χ4v) is 10.3. The van der Waals surface area contributed by atoms with Crippen LogP contribution in [-0.2, 0) is 0 Å². The van der Waals surface area contributed by atoms with Crippen LogP contribution in [0.25, 0.3) is 105 Å². The molecule has 0 fully saturated rings. The van der Waals surface area contributed by atoms with Gasteiger partial charge in [-0.3, -0.25) is 0 Å². The lowest BCUT2D eigenvalue weighted by atomic mass is 9.93. The van der Waals surface area contributed by atoms with Crippen molar-refractivity contribution in [3.63, 3.8) is 0 Å². The van der Waals surface area contributed by atoms with Gasteiger partial charge in [0, 0.05) is 60.5 Å². The number of furan rings is 2. The highest BCUT2D eigenvalue weighted by Gasteiger charge is 2.27. The monoisotopic (exact) mass is 808 g/mol. The molecule has 4 nitrogen and oxygen atoms in total. The van der Waals surface area contributed by atoms with E-state index in [0.29, 0.717) is 5.69 Å². The van der Waals surface area contributed by atoms with Gasteiger partial charge >= 0.3 is 0 Å². The summed E-state index contributed by atoms with van der Waals surface area (Å²) in [6.07, 6.45) is 2.16.